The van der Waals surface area contributed by atoms with Crippen molar-refractivity contribution in [2.75, 3.05) is 6.54 Å². The third kappa shape index (κ3) is 2.69. The minimum atomic E-state index is -4.63. The van der Waals surface area contributed by atoms with Crippen LogP contribution in [0.15, 0.2) is 18.3 Å². The molecule has 0 aromatic carbocycles. The van der Waals surface area contributed by atoms with E-state index >= 15 is 0 Å². The van der Waals surface area contributed by atoms with E-state index in [9.17, 15) is 23.4 Å². The quantitative estimate of drug-likeness (QED) is 0.712. The van der Waals surface area contributed by atoms with Gasteiger partial charge in [-0.3, -0.25) is 4.98 Å². The van der Waals surface area contributed by atoms with Gasteiger partial charge in [0.15, 0.2) is 0 Å². The number of rotatable bonds is 3. The fourth-order valence-corrected chi connectivity index (χ4v) is 1.20. The molecule has 0 aliphatic heterocycles. The highest BCUT2D eigenvalue weighted by atomic mass is 19.4. The van der Waals surface area contributed by atoms with Crippen molar-refractivity contribution in [3.05, 3.63) is 29.6 Å². The second-order valence-corrected chi connectivity index (χ2v) is 3.18. The first-order valence-electron chi connectivity index (χ1n) is 4.46. The molecule has 16 heavy (non-hydrogen) atoms. The van der Waals surface area contributed by atoms with Gasteiger partial charge in [-0.15, -0.1) is 0 Å². The molecule has 0 saturated heterocycles. The summed E-state index contributed by atoms with van der Waals surface area (Å²) in [5.41, 5.74) is 3.36. The summed E-state index contributed by atoms with van der Waals surface area (Å²) >= 11 is 0. The lowest BCUT2D eigenvalue weighted by molar-refractivity contribution is -0.140. The smallest absolute Gasteiger partial charge is 0.389 e. The van der Waals surface area contributed by atoms with Crippen molar-refractivity contribution in [3.63, 3.8) is 0 Å². The van der Waals surface area contributed by atoms with E-state index in [0.717, 1.165) is 18.3 Å². The van der Waals surface area contributed by atoms with Gasteiger partial charge in [0, 0.05) is 12.7 Å². The van der Waals surface area contributed by atoms with Crippen molar-refractivity contribution in [1.29, 1.82) is 0 Å². The standard InChI is InChI=1S/C9H11F3N2O2/c10-9(11,12)5-2-1-3-14-7(5)8(16)6(15)4-13/h1-3,6,8,15-16H,4,13H2. The Balaban J connectivity index is 3.13. The van der Waals surface area contributed by atoms with Crippen molar-refractivity contribution in [2.45, 2.75) is 18.4 Å². The van der Waals surface area contributed by atoms with E-state index in [1.807, 2.05) is 0 Å². The number of aliphatic hydroxyl groups excluding tert-OH is 2. The Hall–Kier alpha value is -1.18. The van der Waals surface area contributed by atoms with Gasteiger partial charge < -0.3 is 15.9 Å². The fraction of sp³-hybridized carbons (Fsp3) is 0.444. The molecule has 90 valence electrons. The molecule has 1 heterocycles. The zero-order valence-electron chi connectivity index (χ0n) is 8.15. The first kappa shape index (κ1) is 12.9. The number of nitrogens with zero attached hydrogens (tertiary/aromatic N) is 1. The zero-order valence-corrected chi connectivity index (χ0v) is 8.15. The number of halogens is 3. The molecule has 7 heteroatoms. The van der Waals surface area contributed by atoms with Crippen LogP contribution in [-0.4, -0.2) is 27.8 Å². The molecule has 1 aromatic rings. The lowest BCUT2D eigenvalue weighted by Gasteiger charge is -2.19. The van der Waals surface area contributed by atoms with Crippen LogP contribution in [0, 0.1) is 0 Å². The number of aromatic nitrogens is 1. The molecule has 2 atom stereocenters. The van der Waals surface area contributed by atoms with Crippen LogP contribution in [-0.2, 0) is 6.18 Å². The summed E-state index contributed by atoms with van der Waals surface area (Å²) in [6.45, 7) is -0.352. The van der Waals surface area contributed by atoms with E-state index in [4.69, 9.17) is 5.73 Å². The minimum Gasteiger partial charge on any atom is -0.389 e. The summed E-state index contributed by atoms with van der Waals surface area (Å²) < 4.78 is 37.5. The maximum Gasteiger partial charge on any atom is 0.418 e. The molecule has 0 amide bonds. The van der Waals surface area contributed by atoms with Gasteiger partial charge in [0.1, 0.15) is 6.10 Å². The molecular formula is C9H11F3N2O2. The summed E-state index contributed by atoms with van der Waals surface area (Å²) in [7, 11) is 0. The molecule has 4 N–H and O–H groups in total. The molecule has 0 bridgehead atoms. The van der Waals surface area contributed by atoms with Crippen molar-refractivity contribution in [3.8, 4) is 0 Å². The summed E-state index contributed by atoms with van der Waals surface area (Å²) in [6.07, 6.45) is -6.74. The summed E-state index contributed by atoms with van der Waals surface area (Å²) in [6, 6.07) is 1.89. The van der Waals surface area contributed by atoms with Gasteiger partial charge in [0.2, 0.25) is 0 Å². The summed E-state index contributed by atoms with van der Waals surface area (Å²) in [4.78, 5) is 3.43. The molecule has 0 aliphatic carbocycles. The van der Waals surface area contributed by atoms with E-state index in [-0.39, 0.29) is 6.54 Å². The molecule has 2 unspecified atom stereocenters. The number of nitrogens with two attached hydrogens (primary N) is 1. The molecular weight excluding hydrogens is 225 g/mol. The van der Waals surface area contributed by atoms with Gasteiger partial charge in [0.05, 0.1) is 17.4 Å². The van der Waals surface area contributed by atoms with Gasteiger partial charge in [-0.2, -0.15) is 13.2 Å². The van der Waals surface area contributed by atoms with Crippen LogP contribution in [0.2, 0.25) is 0 Å². The number of hydrogen-bond donors (Lipinski definition) is 3. The molecule has 4 nitrogen and oxygen atoms in total. The van der Waals surface area contributed by atoms with Crippen LogP contribution in [0.5, 0.6) is 0 Å². The van der Waals surface area contributed by atoms with Gasteiger partial charge >= 0.3 is 6.18 Å². The van der Waals surface area contributed by atoms with Crippen LogP contribution in [0.3, 0.4) is 0 Å². The highest BCUT2D eigenvalue weighted by Crippen LogP contribution is 2.33. The number of pyridine rings is 1. The predicted octanol–water partition coefficient (Wildman–Crippen LogP) is 0.453. The fourth-order valence-electron chi connectivity index (χ4n) is 1.20. The van der Waals surface area contributed by atoms with Gasteiger partial charge in [-0.25, -0.2) is 0 Å². The first-order valence-corrected chi connectivity index (χ1v) is 4.46. The van der Waals surface area contributed by atoms with Crippen LogP contribution >= 0.6 is 0 Å². The van der Waals surface area contributed by atoms with E-state index in [1.165, 1.54) is 0 Å². The lowest BCUT2D eigenvalue weighted by Crippen LogP contribution is -2.29. The number of aliphatic hydroxyl groups is 2. The van der Waals surface area contributed by atoms with E-state index in [1.54, 1.807) is 0 Å². The Bertz CT molecular complexity index is 357. The van der Waals surface area contributed by atoms with Crippen molar-refractivity contribution in [1.82, 2.24) is 4.98 Å². The average Bonchev–Trinajstić information content (AvgIpc) is 2.26. The largest absolute Gasteiger partial charge is 0.418 e. The third-order valence-corrected chi connectivity index (χ3v) is 2.03. The summed E-state index contributed by atoms with van der Waals surface area (Å²) in [5.74, 6) is 0. The van der Waals surface area contributed by atoms with Gasteiger partial charge in [-0.05, 0) is 12.1 Å². The Morgan fingerprint density at radius 2 is 2.00 bits per heavy atom. The normalized spacial score (nSPS) is 15.9. The molecule has 1 aromatic heterocycles. The topological polar surface area (TPSA) is 79.4 Å². The third-order valence-electron chi connectivity index (χ3n) is 2.03. The highest BCUT2D eigenvalue weighted by molar-refractivity contribution is 5.25. The van der Waals surface area contributed by atoms with Crippen molar-refractivity contribution < 1.29 is 23.4 Å². The Kier molecular flexibility index (Phi) is 3.84. The van der Waals surface area contributed by atoms with Crippen LogP contribution < -0.4 is 5.73 Å². The van der Waals surface area contributed by atoms with Crippen molar-refractivity contribution in [2.24, 2.45) is 5.73 Å². The Labute approximate surface area is 89.5 Å². The zero-order chi connectivity index (χ0) is 12.3. The molecule has 0 radical (unpaired) electrons. The van der Waals surface area contributed by atoms with E-state index in [2.05, 4.69) is 4.98 Å². The maximum atomic E-state index is 12.5. The van der Waals surface area contributed by atoms with Crippen LogP contribution in [0.25, 0.3) is 0 Å². The highest BCUT2D eigenvalue weighted by Gasteiger charge is 2.36. The Morgan fingerprint density at radius 3 is 2.50 bits per heavy atom. The summed E-state index contributed by atoms with van der Waals surface area (Å²) in [5, 5.41) is 18.6. The number of alkyl halides is 3. The van der Waals surface area contributed by atoms with Crippen LogP contribution in [0.4, 0.5) is 13.2 Å². The minimum absolute atomic E-state index is 0.352. The maximum absolute atomic E-state index is 12.5. The van der Waals surface area contributed by atoms with Crippen LogP contribution in [0.1, 0.15) is 17.4 Å². The molecule has 0 fully saturated rings. The number of hydrogen-bond acceptors (Lipinski definition) is 4. The monoisotopic (exact) mass is 236 g/mol. The van der Waals surface area contributed by atoms with Gasteiger partial charge in [0.25, 0.3) is 0 Å². The second-order valence-electron chi connectivity index (χ2n) is 3.18. The molecule has 0 saturated carbocycles. The predicted molar refractivity (Wildman–Crippen MR) is 49.3 cm³/mol. The average molecular weight is 236 g/mol. The SMILES string of the molecule is NCC(O)C(O)c1ncccc1C(F)(F)F. The second kappa shape index (κ2) is 4.77. The molecule has 0 aliphatic rings. The molecule has 1 rings (SSSR count). The lowest BCUT2D eigenvalue weighted by atomic mass is 10.0. The first-order chi connectivity index (χ1) is 7.38. The van der Waals surface area contributed by atoms with Gasteiger partial charge in [-0.1, -0.05) is 0 Å². The Morgan fingerprint density at radius 1 is 1.38 bits per heavy atom. The van der Waals surface area contributed by atoms with E-state index < -0.39 is 29.6 Å². The van der Waals surface area contributed by atoms with E-state index in [0.29, 0.717) is 0 Å². The van der Waals surface area contributed by atoms with Crippen molar-refractivity contribution >= 4 is 0 Å². The molecule has 0 spiro atoms.